The van der Waals surface area contributed by atoms with Crippen molar-refractivity contribution < 1.29 is 9.53 Å². The van der Waals surface area contributed by atoms with Crippen LogP contribution in [0.2, 0.25) is 0 Å². The molecule has 1 aromatic carbocycles. The topological polar surface area (TPSA) is 38.3 Å². The van der Waals surface area contributed by atoms with Crippen molar-refractivity contribution in [1.82, 2.24) is 5.32 Å². The van der Waals surface area contributed by atoms with Gasteiger partial charge >= 0.3 is 5.97 Å². The summed E-state index contributed by atoms with van der Waals surface area (Å²) < 4.78 is 5.45. The molecule has 0 aromatic heterocycles. The van der Waals surface area contributed by atoms with Crippen molar-refractivity contribution in [3.63, 3.8) is 0 Å². The standard InChI is InChI=1S/C16H21NO2/c18-15-16(9-5-2-6-10-16)17-14(12-19-15)11-13-7-3-1-4-8-13/h1,3-4,7-8,14,17H,2,5-6,9-12H2/t14-/m0/s1. The highest BCUT2D eigenvalue weighted by Gasteiger charge is 2.45. The van der Waals surface area contributed by atoms with Gasteiger partial charge in [-0.2, -0.15) is 0 Å². The summed E-state index contributed by atoms with van der Waals surface area (Å²) in [6.45, 7) is 0.496. The molecule has 0 bridgehead atoms. The summed E-state index contributed by atoms with van der Waals surface area (Å²) >= 11 is 0. The molecule has 0 amide bonds. The minimum absolute atomic E-state index is 0.0310. The Balaban J connectivity index is 1.69. The molecule has 2 aliphatic rings. The van der Waals surface area contributed by atoms with E-state index in [-0.39, 0.29) is 12.0 Å². The number of benzene rings is 1. The number of nitrogens with one attached hydrogen (secondary N) is 1. The van der Waals surface area contributed by atoms with Gasteiger partial charge < -0.3 is 4.74 Å². The van der Waals surface area contributed by atoms with Crippen molar-refractivity contribution in [3.8, 4) is 0 Å². The van der Waals surface area contributed by atoms with Crippen LogP contribution in [0.15, 0.2) is 30.3 Å². The number of carbonyl (C=O) groups is 1. The lowest BCUT2D eigenvalue weighted by molar-refractivity contribution is -0.161. The molecule has 102 valence electrons. The predicted molar refractivity (Wildman–Crippen MR) is 73.8 cm³/mol. The second-order valence-electron chi connectivity index (χ2n) is 5.77. The molecular formula is C16H21NO2. The van der Waals surface area contributed by atoms with Crippen LogP contribution in [0, 0.1) is 0 Å². The van der Waals surface area contributed by atoms with E-state index < -0.39 is 5.54 Å². The Kier molecular flexibility index (Phi) is 3.56. The average Bonchev–Trinajstić information content (AvgIpc) is 2.45. The number of esters is 1. The molecule has 1 N–H and O–H groups in total. The van der Waals surface area contributed by atoms with Gasteiger partial charge in [-0.25, -0.2) is 0 Å². The van der Waals surface area contributed by atoms with E-state index in [4.69, 9.17) is 4.74 Å². The highest BCUT2D eigenvalue weighted by atomic mass is 16.5. The Hall–Kier alpha value is -1.35. The van der Waals surface area contributed by atoms with Crippen molar-refractivity contribution in [2.75, 3.05) is 6.61 Å². The molecule has 1 aromatic rings. The van der Waals surface area contributed by atoms with Crippen LogP contribution in [0.3, 0.4) is 0 Å². The largest absolute Gasteiger partial charge is 0.463 e. The van der Waals surface area contributed by atoms with E-state index in [9.17, 15) is 4.79 Å². The van der Waals surface area contributed by atoms with Crippen LogP contribution >= 0.6 is 0 Å². The molecule has 1 spiro atoms. The summed E-state index contributed by atoms with van der Waals surface area (Å²) in [5.74, 6) is -0.0310. The van der Waals surface area contributed by atoms with Crippen molar-refractivity contribution in [1.29, 1.82) is 0 Å². The zero-order valence-electron chi connectivity index (χ0n) is 11.2. The molecule has 3 heteroatoms. The molecule has 3 nitrogen and oxygen atoms in total. The number of cyclic esters (lactones) is 1. The fourth-order valence-electron chi connectivity index (χ4n) is 3.32. The van der Waals surface area contributed by atoms with Gasteiger partial charge in [0, 0.05) is 6.04 Å². The fraction of sp³-hybridized carbons (Fsp3) is 0.562. The third kappa shape index (κ3) is 2.66. The molecule has 1 saturated carbocycles. The molecule has 19 heavy (non-hydrogen) atoms. The smallest absolute Gasteiger partial charge is 0.326 e. The molecule has 1 aliphatic carbocycles. The first-order valence-electron chi connectivity index (χ1n) is 7.27. The Morgan fingerprint density at radius 1 is 1.16 bits per heavy atom. The van der Waals surface area contributed by atoms with E-state index in [1.54, 1.807) is 0 Å². The zero-order chi connectivity index (χ0) is 13.1. The van der Waals surface area contributed by atoms with Gasteiger partial charge in [0.25, 0.3) is 0 Å². The molecule has 1 heterocycles. The quantitative estimate of drug-likeness (QED) is 0.829. The minimum atomic E-state index is -0.393. The minimum Gasteiger partial charge on any atom is -0.463 e. The summed E-state index contributed by atoms with van der Waals surface area (Å²) in [5, 5.41) is 3.59. The maximum atomic E-state index is 12.1. The SMILES string of the molecule is O=C1OC[C@H](Cc2ccccc2)NC12CCCCC2. The lowest BCUT2D eigenvalue weighted by atomic mass is 9.80. The van der Waals surface area contributed by atoms with Gasteiger partial charge in [0.1, 0.15) is 12.1 Å². The van der Waals surface area contributed by atoms with Gasteiger partial charge in [-0.15, -0.1) is 0 Å². The van der Waals surface area contributed by atoms with E-state index in [1.165, 1.54) is 12.0 Å². The predicted octanol–water partition coefficient (Wildman–Crippen LogP) is 2.45. The van der Waals surface area contributed by atoms with Crippen LogP contribution in [0.5, 0.6) is 0 Å². The number of hydrogen-bond donors (Lipinski definition) is 1. The normalized spacial score (nSPS) is 26.1. The van der Waals surface area contributed by atoms with E-state index in [2.05, 4.69) is 29.6 Å². The van der Waals surface area contributed by atoms with Gasteiger partial charge in [-0.3, -0.25) is 10.1 Å². The average molecular weight is 259 g/mol. The first-order chi connectivity index (χ1) is 9.28. The molecule has 1 aliphatic heterocycles. The van der Waals surface area contributed by atoms with Crippen LogP contribution < -0.4 is 5.32 Å². The van der Waals surface area contributed by atoms with Gasteiger partial charge in [0.05, 0.1) is 0 Å². The number of rotatable bonds is 2. The second-order valence-corrected chi connectivity index (χ2v) is 5.77. The van der Waals surface area contributed by atoms with Crippen LogP contribution in [-0.2, 0) is 16.0 Å². The lowest BCUT2D eigenvalue weighted by Gasteiger charge is -2.42. The summed E-state index contributed by atoms with van der Waals surface area (Å²) in [6.07, 6.45) is 6.27. The first-order valence-corrected chi connectivity index (χ1v) is 7.27. The van der Waals surface area contributed by atoms with Gasteiger partial charge in [0.15, 0.2) is 0 Å². The Morgan fingerprint density at radius 2 is 1.89 bits per heavy atom. The molecule has 0 radical (unpaired) electrons. The number of hydrogen-bond acceptors (Lipinski definition) is 3. The van der Waals surface area contributed by atoms with Crippen LogP contribution in [0.25, 0.3) is 0 Å². The monoisotopic (exact) mass is 259 g/mol. The number of carbonyl (C=O) groups excluding carboxylic acids is 1. The molecule has 1 atom stereocenters. The molecule has 1 saturated heterocycles. The Labute approximate surface area is 114 Å². The summed E-state index contributed by atoms with van der Waals surface area (Å²) in [4.78, 5) is 12.1. The van der Waals surface area contributed by atoms with Crippen molar-refractivity contribution in [3.05, 3.63) is 35.9 Å². The van der Waals surface area contributed by atoms with E-state index in [0.717, 1.165) is 32.1 Å². The molecule has 3 rings (SSSR count). The highest BCUT2D eigenvalue weighted by molar-refractivity contribution is 5.81. The van der Waals surface area contributed by atoms with E-state index in [1.807, 2.05) is 6.07 Å². The number of morpholine rings is 1. The highest BCUT2D eigenvalue weighted by Crippen LogP contribution is 2.32. The molecule has 0 unspecified atom stereocenters. The Bertz CT molecular complexity index is 437. The van der Waals surface area contributed by atoms with E-state index in [0.29, 0.717) is 6.61 Å². The maximum Gasteiger partial charge on any atom is 0.326 e. The maximum absolute atomic E-state index is 12.1. The van der Waals surface area contributed by atoms with Gasteiger partial charge in [-0.1, -0.05) is 49.6 Å². The fourth-order valence-corrected chi connectivity index (χ4v) is 3.32. The van der Waals surface area contributed by atoms with Crippen LogP contribution in [0.1, 0.15) is 37.7 Å². The van der Waals surface area contributed by atoms with E-state index >= 15 is 0 Å². The first kappa shape index (κ1) is 12.7. The van der Waals surface area contributed by atoms with Gasteiger partial charge in [-0.05, 0) is 24.8 Å². The van der Waals surface area contributed by atoms with Crippen molar-refractivity contribution >= 4 is 5.97 Å². The number of ether oxygens (including phenoxy) is 1. The second kappa shape index (κ2) is 5.33. The van der Waals surface area contributed by atoms with Gasteiger partial charge in [0.2, 0.25) is 0 Å². The van der Waals surface area contributed by atoms with Crippen LogP contribution in [0.4, 0.5) is 0 Å². The lowest BCUT2D eigenvalue weighted by Crippen LogP contribution is -2.63. The molecular weight excluding hydrogens is 238 g/mol. The van der Waals surface area contributed by atoms with Crippen LogP contribution in [-0.4, -0.2) is 24.2 Å². The Morgan fingerprint density at radius 3 is 2.63 bits per heavy atom. The summed E-state index contributed by atoms with van der Waals surface area (Å²) in [7, 11) is 0. The molecule has 2 fully saturated rings. The van der Waals surface area contributed by atoms with Crippen molar-refractivity contribution in [2.24, 2.45) is 0 Å². The third-order valence-electron chi connectivity index (χ3n) is 4.32. The zero-order valence-corrected chi connectivity index (χ0v) is 11.2. The van der Waals surface area contributed by atoms with Crippen molar-refractivity contribution in [2.45, 2.75) is 50.1 Å². The summed E-state index contributed by atoms with van der Waals surface area (Å²) in [5.41, 5.74) is 0.902. The summed E-state index contributed by atoms with van der Waals surface area (Å²) in [6, 6.07) is 10.6. The third-order valence-corrected chi connectivity index (χ3v) is 4.32.